The largest absolute Gasteiger partial charge is 0.478 e. The molecular weight excluding hydrogens is 534 g/mol. The molecule has 12 nitrogen and oxygen atoms in total. The molecule has 8 rings (SSSR count). The third kappa shape index (κ3) is 5.51. The van der Waals surface area contributed by atoms with Gasteiger partial charge in [-0.2, -0.15) is 10.2 Å². The van der Waals surface area contributed by atoms with Gasteiger partial charge in [0.1, 0.15) is 11.3 Å². The van der Waals surface area contributed by atoms with Crippen molar-refractivity contribution in [2.24, 2.45) is 5.73 Å². The van der Waals surface area contributed by atoms with Gasteiger partial charge in [0.05, 0.1) is 48.0 Å². The number of aromatic nitrogens is 8. The minimum atomic E-state index is -0.967. The van der Waals surface area contributed by atoms with Gasteiger partial charge in [-0.1, -0.05) is 12.1 Å². The lowest BCUT2D eigenvalue weighted by atomic mass is 10.2. The highest BCUT2D eigenvalue weighted by Crippen LogP contribution is 2.40. The van der Waals surface area contributed by atoms with Gasteiger partial charge in [-0.3, -0.25) is 14.2 Å². The van der Waals surface area contributed by atoms with Crippen molar-refractivity contribution < 1.29 is 14.7 Å². The van der Waals surface area contributed by atoms with Crippen molar-refractivity contribution in [3.05, 3.63) is 107 Å². The number of pyridine rings is 2. The first-order valence-electron chi connectivity index (χ1n) is 13.9. The van der Waals surface area contributed by atoms with Gasteiger partial charge in [-0.15, -0.1) is 0 Å². The Bertz CT molecular complexity index is 1800. The topological polar surface area (TPSA) is 151 Å². The molecule has 1 amide bonds. The molecule has 2 saturated carbocycles. The van der Waals surface area contributed by atoms with Crippen LogP contribution in [0.1, 0.15) is 80.7 Å². The minimum absolute atomic E-state index is 0.190. The van der Waals surface area contributed by atoms with E-state index >= 15 is 0 Å². The standard InChI is InChI=1S/C15H15N5O.C15H14N4O2/c16-15(21)12-5-17-20(7-12)9-13-8-19-6-11(10-1-2-10)3-4-14(19)18-13;20-15(21)12-5-16-19(7-12)9-13-8-18-6-11(10-1-2-10)3-4-14(18)17-13/h3-8,10H,1-2,9H2,(H2,16,21);3-8,10H,1-2,9H2,(H,20,21). The van der Waals surface area contributed by atoms with Crippen molar-refractivity contribution in [3.8, 4) is 0 Å². The van der Waals surface area contributed by atoms with Crippen LogP contribution in [0, 0.1) is 0 Å². The van der Waals surface area contributed by atoms with Gasteiger partial charge in [0.15, 0.2) is 0 Å². The average molecular weight is 564 g/mol. The van der Waals surface area contributed by atoms with Crippen molar-refractivity contribution in [2.45, 2.75) is 50.6 Å². The smallest absolute Gasteiger partial charge is 0.338 e. The number of amides is 1. The van der Waals surface area contributed by atoms with Gasteiger partial charge in [-0.25, -0.2) is 14.8 Å². The van der Waals surface area contributed by atoms with Crippen molar-refractivity contribution in [2.75, 3.05) is 0 Å². The van der Waals surface area contributed by atoms with E-state index in [9.17, 15) is 9.59 Å². The number of primary amides is 1. The molecule has 0 radical (unpaired) electrons. The van der Waals surface area contributed by atoms with E-state index in [0.29, 0.717) is 24.6 Å². The number of hydrogen-bond acceptors (Lipinski definition) is 6. The first-order valence-corrected chi connectivity index (χ1v) is 13.9. The van der Waals surface area contributed by atoms with Gasteiger partial charge in [0.2, 0.25) is 0 Å². The molecule has 12 heteroatoms. The lowest BCUT2D eigenvalue weighted by Crippen LogP contribution is -2.09. The van der Waals surface area contributed by atoms with Crippen molar-refractivity contribution in [1.82, 2.24) is 38.3 Å². The summed E-state index contributed by atoms with van der Waals surface area (Å²) in [6.45, 7) is 0.988. The van der Waals surface area contributed by atoms with Crippen LogP contribution < -0.4 is 5.73 Å². The number of nitrogens with zero attached hydrogens (tertiary/aromatic N) is 8. The van der Waals surface area contributed by atoms with Crippen molar-refractivity contribution >= 4 is 23.2 Å². The van der Waals surface area contributed by atoms with Crippen LogP contribution in [0.5, 0.6) is 0 Å². The Kier molecular flexibility index (Phi) is 6.30. The maximum Gasteiger partial charge on any atom is 0.338 e. The normalized spacial score (nSPS) is 14.7. The Labute approximate surface area is 240 Å². The Morgan fingerprint density at radius 3 is 1.60 bits per heavy atom. The number of nitrogens with two attached hydrogens (primary N) is 1. The van der Waals surface area contributed by atoms with Crippen LogP contribution in [0.2, 0.25) is 0 Å². The third-order valence-corrected chi connectivity index (χ3v) is 7.59. The second-order valence-electron chi connectivity index (χ2n) is 11.0. The van der Waals surface area contributed by atoms with E-state index < -0.39 is 11.9 Å². The number of carboxylic acid groups (broad SMARTS) is 1. The first-order chi connectivity index (χ1) is 20.4. The number of fused-ring (bicyclic) bond motifs is 2. The first kappa shape index (κ1) is 25.7. The molecule has 6 aromatic heterocycles. The maximum absolute atomic E-state index is 11.1. The summed E-state index contributed by atoms with van der Waals surface area (Å²) in [5.74, 6) is 0.00429. The number of carboxylic acids is 1. The maximum atomic E-state index is 11.1. The molecule has 0 atom stereocenters. The van der Waals surface area contributed by atoms with Crippen LogP contribution in [-0.4, -0.2) is 55.3 Å². The van der Waals surface area contributed by atoms with E-state index in [0.717, 1.165) is 28.6 Å². The minimum Gasteiger partial charge on any atom is -0.478 e. The zero-order valence-corrected chi connectivity index (χ0v) is 22.7. The summed E-state index contributed by atoms with van der Waals surface area (Å²) in [5.41, 5.74) is 12.2. The number of rotatable bonds is 8. The molecule has 0 bridgehead atoms. The predicted octanol–water partition coefficient (Wildman–Crippen LogP) is 3.71. The van der Waals surface area contributed by atoms with E-state index in [1.807, 2.05) is 22.9 Å². The molecule has 2 fully saturated rings. The molecule has 6 heterocycles. The third-order valence-electron chi connectivity index (χ3n) is 7.59. The van der Waals surface area contributed by atoms with E-state index in [2.05, 4.69) is 55.2 Å². The number of hydrogen-bond donors (Lipinski definition) is 2. The van der Waals surface area contributed by atoms with Crippen LogP contribution in [-0.2, 0) is 13.1 Å². The number of carbonyl (C=O) groups excluding carboxylic acids is 1. The van der Waals surface area contributed by atoms with Crippen LogP contribution in [0.25, 0.3) is 11.3 Å². The Morgan fingerprint density at radius 2 is 1.19 bits per heavy atom. The van der Waals surface area contributed by atoms with Gasteiger partial charge in [0, 0.05) is 37.2 Å². The fourth-order valence-corrected chi connectivity index (χ4v) is 5.06. The lowest BCUT2D eigenvalue weighted by molar-refractivity contribution is 0.0696. The number of imidazole rings is 2. The zero-order chi connectivity index (χ0) is 28.8. The molecule has 0 unspecified atom stereocenters. The zero-order valence-electron chi connectivity index (χ0n) is 22.7. The van der Waals surface area contributed by atoms with Crippen molar-refractivity contribution in [1.29, 1.82) is 0 Å². The molecule has 212 valence electrons. The molecule has 6 aromatic rings. The van der Waals surface area contributed by atoms with Crippen LogP contribution in [0.15, 0.2) is 73.8 Å². The molecular formula is C30H29N9O3. The van der Waals surface area contributed by atoms with Crippen LogP contribution in [0.3, 0.4) is 0 Å². The molecule has 2 aliphatic carbocycles. The highest BCUT2D eigenvalue weighted by Gasteiger charge is 2.24. The molecule has 2 aliphatic rings. The molecule has 42 heavy (non-hydrogen) atoms. The second kappa shape index (κ2) is 10.3. The summed E-state index contributed by atoms with van der Waals surface area (Å²) in [6, 6.07) is 8.38. The number of carbonyl (C=O) groups is 2. The van der Waals surface area contributed by atoms with Gasteiger partial charge in [0.25, 0.3) is 5.91 Å². The van der Waals surface area contributed by atoms with Gasteiger partial charge < -0.3 is 19.6 Å². The molecule has 3 N–H and O–H groups in total. The summed E-state index contributed by atoms with van der Waals surface area (Å²) in [7, 11) is 0. The van der Waals surface area contributed by atoms with E-state index in [1.54, 1.807) is 15.6 Å². The fourth-order valence-electron chi connectivity index (χ4n) is 5.06. The monoisotopic (exact) mass is 563 g/mol. The Hall–Kier alpha value is -5.26. The van der Waals surface area contributed by atoms with Gasteiger partial charge >= 0.3 is 5.97 Å². The molecule has 0 aromatic carbocycles. The SMILES string of the molecule is NC(=O)c1cnn(Cc2cn3cc(C4CC4)ccc3n2)c1.O=C(O)c1cnn(Cc2cn3cc(C4CC4)ccc3n2)c1. The van der Waals surface area contributed by atoms with Crippen molar-refractivity contribution in [3.63, 3.8) is 0 Å². The summed E-state index contributed by atoms with van der Waals surface area (Å²) in [6.07, 6.45) is 19.4. The molecule has 0 aliphatic heterocycles. The van der Waals surface area contributed by atoms with E-state index in [1.165, 1.54) is 55.4 Å². The second-order valence-corrected chi connectivity index (χ2v) is 11.0. The highest BCUT2D eigenvalue weighted by molar-refractivity contribution is 5.92. The predicted molar refractivity (Wildman–Crippen MR) is 152 cm³/mol. The Balaban J connectivity index is 0.000000137. The average Bonchev–Trinajstić information content (AvgIpc) is 3.80. The summed E-state index contributed by atoms with van der Waals surface area (Å²) >= 11 is 0. The Morgan fingerprint density at radius 1 is 0.714 bits per heavy atom. The summed E-state index contributed by atoms with van der Waals surface area (Å²) < 4.78 is 7.35. The van der Waals surface area contributed by atoms with Gasteiger partial charge in [-0.05, 0) is 60.8 Å². The summed E-state index contributed by atoms with van der Waals surface area (Å²) in [5, 5.41) is 17.1. The highest BCUT2D eigenvalue weighted by atomic mass is 16.4. The molecule has 0 spiro atoms. The number of aromatic carboxylic acids is 1. The van der Waals surface area contributed by atoms with E-state index in [4.69, 9.17) is 10.8 Å². The van der Waals surface area contributed by atoms with Crippen LogP contribution in [0.4, 0.5) is 0 Å². The van der Waals surface area contributed by atoms with E-state index in [-0.39, 0.29) is 5.56 Å². The van der Waals surface area contributed by atoms with Crippen LogP contribution >= 0.6 is 0 Å². The fraction of sp³-hybridized carbons (Fsp3) is 0.267. The summed E-state index contributed by atoms with van der Waals surface area (Å²) in [4.78, 5) is 31.0. The molecule has 0 saturated heterocycles. The lowest BCUT2D eigenvalue weighted by Gasteiger charge is -1.98. The quantitative estimate of drug-likeness (QED) is 0.286.